The van der Waals surface area contributed by atoms with E-state index in [-0.39, 0.29) is 0 Å². The molecular formula is C29H32N8O. The molecule has 0 unspecified atom stereocenters. The summed E-state index contributed by atoms with van der Waals surface area (Å²) in [6.07, 6.45) is 7.92. The lowest BCUT2D eigenvalue weighted by molar-refractivity contribution is 0.00520. The van der Waals surface area contributed by atoms with E-state index in [2.05, 4.69) is 66.6 Å². The van der Waals surface area contributed by atoms with Crippen LogP contribution in [0.25, 0.3) is 33.3 Å². The molecule has 7 rings (SSSR count). The molecule has 2 fully saturated rings. The first-order valence-corrected chi connectivity index (χ1v) is 13.5. The largest absolute Gasteiger partial charge is 0.383 e. The number of benzene rings is 2. The van der Waals surface area contributed by atoms with Crippen LogP contribution >= 0.6 is 0 Å². The van der Waals surface area contributed by atoms with E-state index in [1.54, 1.807) is 6.33 Å². The number of morpholine rings is 1. The number of rotatable bonds is 5. The quantitative estimate of drug-likeness (QED) is 0.378. The summed E-state index contributed by atoms with van der Waals surface area (Å²) in [5.41, 5.74) is 12.3. The molecule has 38 heavy (non-hydrogen) atoms. The molecule has 2 N–H and O–H groups in total. The van der Waals surface area contributed by atoms with Crippen LogP contribution in [0.2, 0.25) is 0 Å². The minimum Gasteiger partial charge on any atom is -0.383 e. The monoisotopic (exact) mass is 508 g/mol. The minimum absolute atomic E-state index is 0.298. The summed E-state index contributed by atoms with van der Waals surface area (Å²) < 4.78 is 9.84. The SMILES string of the molecule is Nc1ncnc2c1c(-c1ccc3c(c1)ncn3Cc1ccccc1)nn2[C@H]1CC[C@H](N2CCOCC2)CC1. The van der Waals surface area contributed by atoms with Crippen molar-refractivity contribution in [2.75, 3.05) is 32.0 Å². The zero-order valence-electron chi connectivity index (χ0n) is 21.4. The maximum absolute atomic E-state index is 6.42. The molecule has 5 aromatic rings. The Bertz CT molecular complexity index is 1560. The summed E-state index contributed by atoms with van der Waals surface area (Å²) in [5, 5.41) is 5.95. The highest BCUT2D eigenvalue weighted by Gasteiger charge is 2.30. The smallest absolute Gasteiger partial charge is 0.164 e. The lowest BCUT2D eigenvalue weighted by Crippen LogP contribution is -2.45. The highest BCUT2D eigenvalue weighted by atomic mass is 16.5. The van der Waals surface area contributed by atoms with E-state index < -0.39 is 0 Å². The number of imidazole rings is 1. The fourth-order valence-electron chi connectivity index (χ4n) is 6.18. The summed E-state index contributed by atoms with van der Waals surface area (Å²) in [5.74, 6) is 0.466. The number of nitrogens with two attached hydrogens (primary N) is 1. The van der Waals surface area contributed by atoms with Gasteiger partial charge in [0.2, 0.25) is 0 Å². The summed E-state index contributed by atoms with van der Waals surface area (Å²) >= 11 is 0. The number of hydrogen-bond donors (Lipinski definition) is 1. The summed E-state index contributed by atoms with van der Waals surface area (Å²) in [7, 11) is 0. The Morgan fingerprint density at radius 3 is 2.50 bits per heavy atom. The Morgan fingerprint density at radius 2 is 1.68 bits per heavy atom. The Morgan fingerprint density at radius 1 is 0.895 bits per heavy atom. The van der Waals surface area contributed by atoms with E-state index in [1.165, 1.54) is 5.56 Å². The molecule has 0 bridgehead atoms. The first-order chi connectivity index (χ1) is 18.7. The molecule has 1 aliphatic heterocycles. The maximum Gasteiger partial charge on any atom is 0.164 e. The predicted octanol–water partition coefficient (Wildman–Crippen LogP) is 4.29. The van der Waals surface area contributed by atoms with E-state index in [0.29, 0.717) is 17.9 Å². The third-order valence-corrected chi connectivity index (χ3v) is 8.18. The standard InChI is InChI=1S/C29H32N8O/c30-28-26-27(21-6-11-25-24(16-21)33-19-36(25)17-20-4-2-1-3-5-20)34-37(29(26)32-18-31-28)23-9-7-22(8-10-23)35-12-14-38-15-13-35/h1-6,11,16,18-19,22-23H,7-10,12-15,17H2,(H2,30,31,32)/t22-,23-. The first-order valence-electron chi connectivity index (χ1n) is 13.5. The maximum atomic E-state index is 6.42. The second kappa shape index (κ2) is 9.81. The summed E-state index contributed by atoms with van der Waals surface area (Å²) in [6, 6.07) is 17.7. The molecule has 2 aromatic carbocycles. The predicted molar refractivity (Wildman–Crippen MR) is 148 cm³/mol. The van der Waals surface area contributed by atoms with Crippen LogP contribution in [0.15, 0.2) is 61.2 Å². The molecule has 194 valence electrons. The van der Waals surface area contributed by atoms with Crippen molar-refractivity contribution >= 4 is 27.9 Å². The zero-order chi connectivity index (χ0) is 25.5. The van der Waals surface area contributed by atoms with Crippen molar-refractivity contribution in [2.24, 2.45) is 0 Å². The fraction of sp³-hybridized carbons (Fsp3) is 0.379. The van der Waals surface area contributed by atoms with E-state index in [0.717, 1.165) is 91.9 Å². The van der Waals surface area contributed by atoms with Crippen LogP contribution in [0.4, 0.5) is 5.82 Å². The molecule has 4 heterocycles. The number of ether oxygens (including phenoxy) is 1. The number of anilines is 1. The van der Waals surface area contributed by atoms with E-state index in [1.807, 2.05) is 12.4 Å². The lowest BCUT2D eigenvalue weighted by atomic mass is 9.90. The van der Waals surface area contributed by atoms with E-state index >= 15 is 0 Å². The van der Waals surface area contributed by atoms with Gasteiger partial charge in [-0.3, -0.25) is 4.90 Å². The van der Waals surface area contributed by atoms with Crippen LogP contribution in [0.5, 0.6) is 0 Å². The summed E-state index contributed by atoms with van der Waals surface area (Å²) in [4.78, 5) is 16.3. The number of hydrogen-bond acceptors (Lipinski definition) is 7. The molecule has 0 amide bonds. The van der Waals surface area contributed by atoms with Crippen molar-refractivity contribution in [2.45, 2.75) is 44.3 Å². The molecular weight excluding hydrogens is 476 g/mol. The first kappa shape index (κ1) is 23.3. The lowest BCUT2D eigenvalue weighted by Gasteiger charge is -2.38. The fourth-order valence-corrected chi connectivity index (χ4v) is 6.18. The Labute approximate surface area is 221 Å². The van der Waals surface area contributed by atoms with Crippen LogP contribution in [0.1, 0.15) is 37.3 Å². The highest BCUT2D eigenvalue weighted by molar-refractivity contribution is 5.99. The van der Waals surface area contributed by atoms with Crippen molar-refractivity contribution < 1.29 is 4.74 Å². The normalized spacial score (nSPS) is 20.8. The third kappa shape index (κ3) is 4.21. The molecule has 1 saturated heterocycles. The van der Waals surface area contributed by atoms with Crippen molar-refractivity contribution in [1.82, 2.24) is 34.2 Å². The molecule has 2 aliphatic rings. The molecule has 1 aliphatic carbocycles. The molecule has 0 spiro atoms. The van der Waals surface area contributed by atoms with Crippen LogP contribution in [0.3, 0.4) is 0 Å². The van der Waals surface area contributed by atoms with Gasteiger partial charge in [0.15, 0.2) is 5.65 Å². The van der Waals surface area contributed by atoms with Gasteiger partial charge in [-0.2, -0.15) is 5.10 Å². The number of aromatic nitrogens is 6. The van der Waals surface area contributed by atoms with Crippen molar-refractivity contribution in [3.63, 3.8) is 0 Å². The van der Waals surface area contributed by atoms with Gasteiger partial charge in [-0.15, -0.1) is 0 Å². The Balaban J connectivity index is 1.20. The average molecular weight is 509 g/mol. The van der Waals surface area contributed by atoms with E-state index in [4.69, 9.17) is 20.6 Å². The van der Waals surface area contributed by atoms with Gasteiger partial charge >= 0.3 is 0 Å². The van der Waals surface area contributed by atoms with Gasteiger partial charge in [-0.05, 0) is 43.4 Å². The molecule has 1 saturated carbocycles. The second-order valence-corrected chi connectivity index (χ2v) is 10.4. The third-order valence-electron chi connectivity index (χ3n) is 8.18. The van der Waals surface area contributed by atoms with Crippen molar-refractivity contribution in [1.29, 1.82) is 0 Å². The van der Waals surface area contributed by atoms with Gasteiger partial charge in [0.25, 0.3) is 0 Å². The molecule has 9 heteroatoms. The van der Waals surface area contributed by atoms with Gasteiger partial charge in [0, 0.05) is 31.2 Å². The van der Waals surface area contributed by atoms with E-state index in [9.17, 15) is 0 Å². The number of nitrogen functional groups attached to an aromatic ring is 1. The highest BCUT2D eigenvalue weighted by Crippen LogP contribution is 2.37. The molecule has 9 nitrogen and oxygen atoms in total. The minimum atomic E-state index is 0.298. The van der Waals surface area contributed by atoms with Crippen LogP contribution in [-0.4, -0.2) is 66.5 Å². The topological polar surface area (TPSA) is 99.9 Å². The number of nitrogens with zero attached hydrogens (tertiary/aromatic N) is 7. The van der Waals surface area contributed by atoms with Crippen molar-refractivity contribution in [3.05, 3.63) is 66.7 Å². The van der Waals surface area contributed by atoms with Crippen LogP contribution < -0.4 is 5.73 Å². The second-order valence-electron chi connectivity index (χ2n) is 10.4. The molecule has 3 aromatic heterocycles. The summed E-state index contributed by atoms with van der Waals surface area (Å²) in [6.45, 7) is 4.55. The van der Waals surface area contributed by atoms with Gasteiger partial charge in [0.1, 0.15) is 17.8 Å². The molecule has 0 radical (unpaired) electrons. The van der Waals surface area contributed by atoms with Gasteiger partial charge in [-0.25, -0.2) is 19.6 Å². The van der Waals surface area contributed by atoms with Crippen LogP contribution in [-0.2, 0) is 11.3 Å². The van der Waals surface area contributed by atoms with Gasteiger partial charge < -0.3 is 15.0 Å². The number of fused-ring (bicyclic) bond motifs is 2. The average Bonchev–Trinajstić information content (AvgIpc) is 3.56. The van der Waals surface area contributed by atoms with Crippen molar-refractivity contribution in [3.8, 4) is 11.3 Å². The van der Waals surface area contributed by atoms with Gasteiger partial charge in [0.05, 0.1) is 42.0 Å². The zero-order valence-corrected chi connectivity index (χ0v) is 21.4. The Hall–Kier alpha value is -3.82. The Kier molecular flexibility index (Phi) is 6.02. The van der Waals surface area contributed by atoms with Gasteiger partial charge in [-0.1, -0.05) is 36.4 Å². The molecule has 0 atom stereocenters. The van der Waals surface area contributed by atoms with Crippen LogP contribution in [0, 0.1) is 0 Å².